The van der Waals surface area contributed by atoms with Crippen LogP contribution in [0.2, 0.25) is 0 Å². The van der Waals surface area contributed by atoms with E-state index in [0.29, 0.717) is 5.69 Å². The Labute approximate surface area is 102 Å². The molecule has 0 unspecified atom stereocenters. The van der Waals surface area contributed by atoms with Crippen molar-refractivity contribution in [2.75, 3.05) is 12.4 Å². The summed E-state index contributed by atoms with van der Waals surface area (Å²) in [6, 6.07) is 0. The average Bonchev–Trinajstić information content (AvgIpc) is 2.40. The monoisotopic (exact) mass is 247 g/mol. The summed E-state index contributed by atoms with van der Waals surface area (Å²) < 4.78 is 4.82. The molecule has 0 aliphatic rings. The topological polar surface area (TPSA) is 110 Å². The van der Waals surface area contributed by atoms with E-state index in [1.54, 1.807) is 0 Å². The van der Waals surface area contributed by atoms with Crippen molar-refractivity contribution in [2.24, 2.45) is 0 Å². The van der Waals surface area contributed by atoms with Crippen LogP contribution in [-0.2, 0) is 0 Å². The number of carboxylic acid groups (broad SMARTS) is 1. The predicted molar refractivity (Wildman–Crippen MR) is 60.9 cm³/mol. The molecule has 2 aromatic heterocycles. The van der Waals surface area contributed by atoms with Gasteiger partial charge in [0.25, 0.3) is 0 Å². The second-order valence-electron chi connectivity index (χ2n) is 3.17. The van der Waals surface area contributed by atoms with Crippen LogP contribution < -0.4 is 10.1 Å². The van der Waals surface area contributed by atoms with E-state index in [2.05, 4.69) is 25.3 Å². The van der Waals surface area contributed by atoms with Gasteiger partial charge in [0.2, 0.25) is 5.88 Å². The van der Waals surface area contributed by atoms with Crippen LogP contribution in [0.5, 0.6) is 5.88 Å². The van der Waals surface area contributed by atoms with Gasteiger partial charge in [0.15, 0.2) is 11.5 Å². The number of hydrogen-bond acceptors (Lipinski definition) is 7. The molecule has 0 fully saturated rings. The highest BCUT2D eigenvalue weighted by Gasteiger charge is 2.15. The molecule has 0 saturated heterocycles. The van der Waals surface area contributed by atoms with Gasteiger partial charge >= 0.3 is 5.97 Å². The number of nitrogens with zero attached hydrogens (tertiary/aromatic N) is 4. The smallest absolute Gasteiger partial charge is 0.358 e. The van der Waals surface area contributed by atoms with Gasteiger partial charge in [-0.25, -0.2) is 24.7 Å². The first kappa shape index (κ1) is 11.7. The van der Waals surface area contributed by atoms with Crippen molar-refractivity contribution >= 4 is 17.5 Å². The van der Waals surface area contributed by atoms with E-state index in [9.17, 15) is 4.79 Å². The predicted octanol–water partition coefficient (Wildman–Crippen LogP) is 0.717. The molecule has 2 N–H and O–H groups in total. The molecule has 0 spiro atoms. The van der Waals surface area contributed by atoms with E-state index in [0.717, 1.165) is 0 Å². The van der Waals surface area contributed by atoms with E-state index in [4.69, 9.17) is 9.84 Å². The fourth-order valence-corrected chi connectivity index (χ4v) is 1.21. The van der Waals surface area contributed by atoms with Gasteiger partial charge in [-0.1, -0.05) is 0 Å². The molecular formula is C10H9N5O3. The Morgan fingerprint density at radius 2 is 2.06 bits per heavy atom. The molecule has 0 radical (unpaired) electrons. The molecule has 8 heteroatoms. The zero-order valence-electron chi connectivity index (χ0n) is 9.36. The molecule has 0 amide bonds. The van der Waals surface area contributed by atoms with Crippen molar-refractivity contribution in [1.82, 2.24) is 19.9 Å². The third-order valence-electron chi connectivity index (χ3n) is 1.99. The van der Waals surface area contributed by atoms with Gasteiger partial charge < -0.3 is 15.2 Å². The molecule has 0 bridgehead atoms. The standard InChI is InChI=1S/C10H9N5O3/c1-18-7-4-13-9(8(15-7)10(16)17)14-6-2-11-5-12-3-6/h2-5H,1H3,(H,13,14)(H,16,17). The highest BCUT2D eigenvalue weighted by Crippen LogP contribution is 2.18. The average molecular weight is 247 g/mol. The van der Waals surface area contributed by atoms with Crippen molar-refractivity contribution in [3.63, 3.8) is 0 Å². The van der Waals surface area contributed by atoms with Crippen molar-refractivity contribution in [3.8, 4) is 5.88 Å². The number of aromatic carboxylic acids is 1. The van der Waals surface area contributed by atoms with Gasteiger partial charge in [-0.2, -0.15) is 0 Å². The van der Waals surface area contributed by atoms with Gasteiger partial charge in [-0.3, -0.25) is 0 Å². The second kappa shape index (κ2) is 5.04. The maximum absolute atomic E-state index is 11.1. The summed E-state index contributed by atoms with van der Waals surface area (Å²) in [4.78, 5) is 26.4. The Balaban J connectivity index is 2.35. The zero-order chi connectivity index (χ0) is 13.0. The van der Waals surface area contributed by atoms with Crippen molar-refractivity contribution < 1.29 is 14.6 Å². The van der Waals surface area contributed by atoms with E-state index in [1.807, 2.05) is 0 Å². The Morgan fingerprint density at radius 1 is 1.33 bits per heavy atom. The summed E-state index contributed by atoms with van der Waals surface area (Å²) in [6.45, 7) is 0. The highest BCUT2D eigenvalue weighted by atomic mass is 16.5. The summed E-state index contributed by atoms with van der Waals surface area (Å²) in [7, 11) is 1.38. The summed E-state index contributed by atoms with van der Waals surface area (Å²) in [5.41, 5.74) is 0.276. The fourth-order valence-electron chi connectivity index (χ4n) is 1.21. The number of carboxylic acids is 1. The SMILES string of the molecule is COc1cnc(Nc2cncnc2)c(C(=O)O)n1. The minimum atomic E-state index is -1.21. The normalized spacial score (nSPS) is 9.83. The molecule has 0 saturated carbocycles. The fraction of sp³-hybridized carbons (Fsp3) is 0.100. The number of ether oxygens (including phenoxy) is 1. The number of nitrogens with one attached hydrogen (secondary N) is 1. The van der Waals surface area contributed by atoms with E-state index in [1.165, 1.54) is 32.0 Å². The molecule has 0 aromatic carbocycles. The van der Waals surface area contributed by atoms with Gasteiger partial charge in [-0.15, -0.1) is 0 Å². The molecule has 0 aliphatic carbocycles. The lowest BCUT2D eigenvalue weighted by Crippen LogP contribution is -2.08. The number of carbonyl (C=O) groups is 1. The molecule has 2 rings (SSSR count). The Bertz CT molecular complexity index is 561. The number of anilines is 2. The van der Waals surface area contributed by atoms with Gasteiger partial charge in [0.1, 0.15) is 6.33 Å². The Hall–Kier alpha value is -2.77. The minimum Gasteiger partial charge on any atom is -0.480 e. The number of aromatic nitrogens is 4. The first-order chi connectivity index (χ1) is 8.70. The van der Waals surface area contributed by atoms with Crippen LogP contribution in [0.4, 0.5) is 11.5 Å². The first-order valence-electron chi connectivity index (χ1n) is 4.87. The summed E-state index contributed by atoms with van der Waals surface area (Å²) in [5.74, 6) is -0.985. The molecular weight excluding hydrogens is 238 g/mol. The molecule has 92 valence electrons. The van der Waals surface area contributed by atoms with Crippen LogP contribution >= 0.6 is 0 Å². The lowest BCUT2D eigenvalue weighted by Gasteiger charge is -2.07. The van der Waals surface area contributed by atoms with Crippen molar-refractivity contribution in [2.45, 2.75) is 0 Å². The lowest BCUT2D eigenvalue weighted by molar-refractivity contribution is 0.0690. The summed E-state index contributed by atoms with van der Waals surface area (Å²) in [5, 5.41) is 11.8. The number of hydrogen-bond donors (Lipinski definition) is 2. The highest BCUT2D eigenvalue weighted by molar-refractivity contribution is 5.91. The molecule has 8 nitrogen and oxygen atoms in total. The summed E-state index contributed by atoms with van der Waals surface area (Å²) >= 11 is 0. The summed E-state index contributed by atoms with van der Waals surface area (Å²) in [6.07, 6.45) is 5.66. The van der Waals surface area contributed by atoms with Crippen LogP contribution in [0.15, 0.2) is 24.9 Å². The van der Waals surface area contributed by atoms with Crippen LogP contribution in [0.1, 0.15) is 10.5 Å². The quantitative estimate of drug-likeness (QED) is 0.812. The first-order valence-corrected chi connectivity index (χ1v) is 4.87. The third kappa shape index (κ3) is 2.48. The van der Waals surface area contributed by atoms with Crippen LogP contribution in [0.3, 0.4) is 0 Å². The van der Waals surface area contributed by atoms with Crippen LogP contribution in [0, 0.1) is 0 Å². The molecule has 2 heterocycles. The van der Waals surface area contributed by atoms with Gasteiger partial charge in [0, 0.05) is 0 Å². The van der Waals surface area contributed by atoms with Gasteiger partial charge in [-0.05, 0) is 0 Å². The number of rotatable bonds is 4. The molecule has 0 atom stereocenters. The minimum absolute atomic E-state index is 0.0955. The maximum Gasteiger partial charge on any atom is 0.358 e. The Kier molecular flexibility index (Phi) is 3.28. The van der Waals surface area contributed by atoms with Crippen LogP contribution in [0.25, 0.3) is 0 Å². The Morgan fingerprint density at radius 3 is 2.67 bits per heavy atom. The van der Waals surface area contributed by atoms with Crippen molar-refractivity contribution in [3.05, 3.63) is 30.6 Å². The third-order valence-corrected chi connectivity index (χ3v) is 1.99. The largest absolute Gasteiger partial charge is 0.480 e. The maximum atomic E-state index is 11.1. The molecule has 2 aromatic rings. The molecule has 18 heavy (non-hydrogen) atoms. The van der Waals surface area contributed by atoms with Crippen LogP contribution in [-0.4, -0.2) is 38.1 Å². The number of methoxy groups -OCH3 is 1. The molecule has 0 aliphatic heterocycles. The second-order valence-corrected chi connectivity index (χ2v) is 3.17. The zero-order valence-corrected chi connectivity index (χ0v) is 9.36. The van der Waals surface area contributed by atoms with E-state index in [-0.39, 0.29) is 17.4 Å². The van der Waals surface area contributed by atoms with E-state index < -0.39 is 5.97 Å². The van der Waals surface area contributed by atoms with Gasteiger partial charge in [0.05, 0.1) is 31.4 Å². The lowest BCUT2D eigenvalue weighted by atomic mass is 10.4. The van der Waals surface area contributed by atoms with E-state index >= 15 is 0 Å². The van der Waals surface area contributed by atoms with Crippen molar-refractivity contribution in [1.29, 1.82) is 0 Å².